The number of amides is 1. The van der Waals surface area contributed by atoms with Gasteiger partial charge in [-0.2, -0.15) is 0 Å². The number of carbonyl (C=O) groups excluding carboxylic acids is 1. The molecule has 0 aromatic heterocycles. The number of hydrogen-bond donors (Lipinski definition) is 3. The van der Waals surface area contributed by atoms with Crippen molar-refractivity contribution in [3.8, 4) is 0 Å². The zero-order chi connectivity index (χ0) is 12.8. The Labute approximate surface area is 96.9 Å². The van der Waals surface area contributed by atoms with Gasteiger partial charge >= 0.3 is 5.97 Å². The van der Waals surface area contributed by atoms with Crippen LogP contribution in [0.1, 0.15) is 5.56 Å². The van der Waals surface area contributed by atoms with E-state index in [2.05, 4.69) is 5.32 Å². The van der Waals surface area contributed by atoms with Crippen LogP contribution in [0.2, 0.25) is 0 Å². The third-order valence-corrected chi connectivity index (χ3v) is 2.09. The normalized spacial score (nSPS) is 11.9. The first-order valence-corrected chi connectivity index (χ1v) is 4.90. The van der Waals surface area contributed by atoms with E-state index < -0.39 is 30.3 Å². The number of nitrogens with one attached hydrogen (secondary N) is 1. The van der Waals surface area contributed by atoms with Crippen LogP contribution in [0.5, 0.6) is 0 Å². The van der Waals surface area contributed by atoms with Gasteiger partial charge in [-0.25, -0.2) is 9.18 Å². The number of carboxylic acids is 1. The van der Waals surface area contributed by atoms with E-state index in [0.29, 0.717) is 5.56 Å². The molecule has 17 heavy (non-hydrogen) atoms. The van der Waals surface area contributed by atoms with Crippen molar-refractivity contribution in [2.75, 3.05) is 6.61 Å². The molecule has 3 N–H and O–H groups in total. The fraction of sp³-hybridized carbons (Fsp3) is 0.273. The number of benzene rings is 1. The van der Waals surface area contributed by atoms with Crippen LogP contribution in [0.3, 0.4) is 0 Å². The minimum Gasteiger partial charge on any atom is -0.480 e. The third-order valence-electron chi connectivity index (χ3n) is 2.09. The highest BCUT2D eigenvalue weighted by Gasteiger charge is 2.18. The molecule has 0 aliphatic heterocycles. The van der Waals surface area contributed by atoms with E-state index in [-0.39, 0.29) is 6.42 Å². The van der Waals surface area contributed by atoms with Crippen molar-refractivity contribution in [3.63, 3.8) is 0 Å². The number of halogens is 1. The molecule has 92 valence electrons. The van der Waals surface area contributed by atoms with Gasteiger partial charge < -0.3 is 15.5 Å². The molecule has 0 aliphatic rings. The Balaban J connectivity index is 2.54. The highest BCUT2D eigenvalue weighted by molar-refractivity contribution is 5.84. The maximum atomic E-state index is 12.6. The predicted molar refractivity (Wildman–Crippen MR) is 56.8 cm³/mol. The first-order valence-electron chi connectivity index (χ1n) is 4.90. The standard InChI is InChI=1S/C11H12FNO4/c12-8-3-1-7(2-4-8)5-10(15)13-9(6-14)11(16)17/h1-4,9,14H,5-6H2,(H,13,15)(H,16,17)/t9-/m1/s1. The average Bonchev–Trinajstić information content (AvgIpc) is 2.28. The van der Waals surface area contributed by atoms with Crippen LogP contribution in [0.15, 0.2) is 24.3 Å². The molecule has 1 atom stereocenters. The van der Waals surface area contributed by atoms with Crippen molar-refractivity contribution in [1.29, 1.82) is 0 Å². The molecule has 1 amide bonds. The van der Waals surface area contributed by atoms with Crippen molar-refractivity contribution < 1.29 is 24.2 Å². The molecule has 0 saturated carbocycles. The lowest BCUT2D eigenvalue weighted by molar-refractivity contribution is -0.142. The van der Waals surface area contributed by atoms with Gasteiger partial charge in [0.2, 0.25) is 5.91 Å². The summed E-state index contributed by atoms with van der Waals surface area (Å²) in [5, 5.41) is 19.4. The molecule has 0 bridgehead atoms. The highest BCUT2D eigenvalue weighted by Crippen LogP contribution is 2.03. The van der Waals surface area contributed by atoms with E-state index in [4.69, 9.17) is 10.2 Å². The van der Waals surface area contributed by atoms with Gasteiger partial charge in [0.25, 0.3) is 0 Å². The van der Waals surface area contributed by atoms with Gasteiger partial charge in [0.05, 0.1) is 13.0 Å². The molecule has 5 nitrogen and oxygen atoms in total. The van der Waals surface area contributed by atoms with Crippen LogP contribution in [-0.4, -0.2) is 34.7 Å². The molecule has 0 fully saturated rings. The summed E-state index contributed by atoms with van der Waals surface area (Å²) >= 11 is 0. The second-order valence-electron chi connectivity index (χ2n) is 3.44. The second-order valence-corrected chi connectivity index (χ2v) is 3.44. The topological polar surface area (TPSA) is 86.6 Å². The molecule has 0 heterocycles. The molecule has 0 saturated heterocycles. The summed E-state index contributed by atoms with van der Waals surface area (Å²) in [5.74, 6) is -2.26. The van der Waals surface area contributed by atoms with Crippen molar-refractivity contribution in [3.05, 3.63) is 35.6 Å². The van der Waals surface area contributed by atoms with E-state index in [1.807, 2.05) is 0 Å². The van der Waals surface area contributed by atoms with Crippen molar-refractivity contribution in [2.24, 2.45) is 0 Å². The van der Waals surface area contributed by atoms with E-state index in [0.717, 1.165) is 0 Å². The van der Waals surface area contributed by atoms with Crippen LogP contribution >= 0.6 is 0 Å². The lowest BCUT2D eigenvalue weighted by Crippen LogP contribution is -2.43. The molecule has 1 rings (SSSR count). The summed E-state index contributed by atoms with van der Waals surface area (Å²) in [7, 11) is 0. The number of hydrogen-bond acceptors (Lipinski definition) is 3. The SMILES string of the molecule is O=C(Cc1ccc(F)cc1)N[C@H](CO)C(=O)O. The lowest BCUT2D eigenvalue weighted by Gasteiger charge is -2.11. The van der Waals surface area contributed by atoms with Crippen LogP contribution in [0.25, 0.3) is 0 Å². The number of aliphatic carboxylic acids is 1. The van der Waals surface area contributed by atoms with Crippen molar-refractivity contribution >= 4 is 11.9 Å². The van der Waals surface area contributed by atoms with Crippen LogP contribution in [0.4, 0.5) is 4.39 Å². The highest BCUT2D eigenvalue weighted by atomic mass is 19.1. The van der Waals surface area contributed by atoms with Gasteiger partial charge in [-0.3, -0.25) is 4.79 Å². The van der Waals surface area contributed by atoms with Crippen LogP contribution in [-0.2, 0) is 16.0 Å². The average molecular weight is 241 g/mol. The largest absolute Gasteiger partial charge is 0.480 e. The van der Waals surface area contributed by atoms with Gasteiger partial charge in [0.15, 0.2) is 0 Å². The molecule has 1 aromatic rings. The molecule has 0 radical (unpaired) electrons. The monoisotopic (exact) mass is 241 g/mol. The summed E-state index contributed by atoms with van der Waals surface area (Å²) in [6.45, 7) is -0.676. The molecule has 0 spiro atoms. The zero-order valence-corrected chi connectivity index (χ0v) is 8.89. The third kappa shape index (κ3) is 4.20. The van der Waals surface area contributed by atoms with Gasteiger partial charge in [-0.05, 0) is 17.7 Å². The molecule has 1 aromatic carbocycles. The Hall–Kier alpha value is -1.95. The summed E-state index contributed by atoms with van der Waals surface area (Å²) in [4.78, 5) is 21.9. The number of carbonyl (C=O) groups is 2. The Morgan fingerprint density at radius 3 is 2.35 bits per heavy atom. The van der Waals surface area contributed by atoms with Gasteiger partial charge in [0, 0.05) is 0 Å². The lowest BCUT2D eigenvalue weighted by atomic mass is 10.1. The Morgan fingerprint density at radius 2 is 1.88 bits per heavy atom. The Morgan fingerprint density at radius 1 is 1.29 bits per heavy atom. The first kappa shape index (κ1) is 13.1. The van der Waals surface area contributed by atoms with E-state index in [1.54, 1.807) is 0 Å². The fourth-order valence-corrected chi connectivity index (χ4v) is 1.22. The molecular formula is C11H12FNO4. The van der Waals surface area contributed by atoms with Crippen LogP contribution < -0.4 is 5.32 Å². The predicted octanol–water partition coefficient (Wildman–Crippen LogP) is -0.0701. The summed E-state index contributed by atoms with van der Waals surface area (Å²) in [6.07, 6.45) is -0.0654. The van der Waals surface area contributed by atoms with E-state index in [1.165, 1.54) is 24.3 Å². The smallest absolute Gasteiger partial charge is 0.328 e. The molecular weight excluding hydrogens is 229 g/mol. The number of aliphatic hydroxyl groups is 1. The fourth-order valence-electron chi connectivity index (χ4n) is 1.22. The Bertz CT molecular complexity index is 404. The second kappa shape index (κ2) is 5.95. The molecule has 0 unspecified atom stereocenters. The first-order chi connectivity index (χ1) is 8.02. The van der Waals surface area contributed by atoms with Gasteiger partial charge in [0.1, 0.15) is 11.9 Å². The number of aliphatic hydroxyl groups excluding tert-OH is 1. The summed E-state index contributed by atoms with van der Waals surface area (Å²) in [6, 6.07) is 3.97. The van der Waals surface area contributed by atoms with Gasteiger partial charge in [-0.1, -0.05) is 12.1 Å². The minimum atomic E-state index is -1.32. The summed E-state index contributed by atoms with van der Waals surface area (Å²) in [5.41, 5.74) is 0.561. The van der Waals surface area contributed by atoms with Crippen molar-refractivity contribution in [1.82, 2.24) is 5.32 Å². The van der Waals surface area contributed by atoms with E-state index in [9.17, 15) is 14.0 Å². The molecule has 0 aliphatic carbocycles. The van der Waals surface area contributed by atoms with E-state index >= 15 is 0 Å². The molecule has 6 heteroatoms. The van der Waals surface area contributed by atoms with Gasteiger partial charge in [-0.15, -0.1) is 0 Å². The Kier molecular flexibility index (Phi) is 4.59. The summed E-state index contributed by atoms with van der Waals surface area (Å²) < 4.78 is 12.6. The van der Waals surface area contributed by atoms with Crippen molar-refractivity contribution in [2.45, 2.75) is 12.5 Å². The minimum absolute atomic E-state index is 0.0654. The number of rotatable bonds is 5. The number of carboxylic acid groups (broad SMARTS) is 1. The maximum Gasteiger partial charge on any atom is 0.328 e. The quantitative estimate of drug-likeness (QED) is 0.673. The van der Waals surface area contributed by atoms with Crippen LogP contribution in [0, 0.1) is 5.82 Å². The maximum absolute atomic E-state index is 12.6. The zero-order valence-electron chi connectivity index (χ0n) is 8.89.